The molecule has 0 spiro atoms. The van der Waals surface area contributed by atoms with Crippen molar-refractivity contribution in [3.8, 4) is 0 Å². The van der Waals surface area contributed by atoms with Crippen molar-refractivity contribution >= 4 is 45.1 Å². The summed E-state index contributed by atoms with van der Waals surface area (Å²) < 4.78 is 30.4. The van der Waals surface area contributed by atoms with Crippen LogP contribution in [0.15, 0.2) is 47.4 Å². The highest BCUT2D eigenvalue weighted by molar-refractivity contribution is 7.89. The van der Waals surface area contributed by atoms with Gasteiger partial charge in [-0.05, 0) is 42.3 Å². The van der Waals surface area contributed by atoms with E-state index in [1.807, 2.05) is 12.1 Å². The molecule has 0 aromatic heterocycles. The van der Waals surface area contributed by atoms with Crippen LogP contribution in [-0.4, -0.2) is 51.8 Å². The molecule has 0 bridgehead atoms. The number of nitrogens with one attached hydrogen (secondary N) is 1. The van der Waals surface area contributed by atoms with Crippen LogP contribution in [0.4, 0.5) is 0 Å². The van der Waals surface area contributed by atoms with Crippen molar-refractivity contribution in [3.63, 3.8) is 0 Å². The first kappa shape index (κ1) is 23.2. The molecule has 1 N–H and O–H groups in total. The molecule has 0 saturated heterocycles. The molecule has 0 aliphatic carbocycles. The highest BCUT2D eigenvalue weighted by Gasteiger charge is 2.21. The minimum Gasteiger partial charge on any atom is -0.452 e. The van der Waals surface area contributed by atoms with E-state index in [2.05, 4.69) is 5.32 Å². The molecule has 156 valence electrons. The highest BCUT2D eigenvalue weighted by Crippen LogP contribution is 2.22. The number of ether oxygens (including phenoxy) is 1. The Hall–Kier alpha value is -2.13. The number of sulfonamides is 1. The quantitative estimate of drug-likeness (QED) is 0.613. The first-order chi connectivity index (χ1) is 13.6. The number of hydrogen-bond donors (Lipinski definition) is 1. The highest BCUT2D eigenvalue weighted by atomic mass is 35.5. The van der Waals surface area contributed by atoms with Gasteiger partial charge in [0.2, 0.25) is 10.0 Å². The summed E-state index contributed by atoms with van der Waals surface area (Å²) in [5, 5.41) is 3.29. The predicted octanol–water partition coefficient (Wildman–Crippen LogP) is 2.76. The van der Waals surface area contributed by atoms with Crippen molar-refractivity contribution < 1.29 is 22.7 Å². The van der Waals surface area contributed by atoms with Crippen molar-refractivity contribution in [3.05, 3.63) is 63.6 Å². The zero-order valence-corrected chi connectivity index (χ0v) is 18.1. The molecule has 2 aromatic carbocycles. The van der Waals surface area contributed by atoms with Crippen molar-refractivity contribution in [1.29, 1.82) is 0 Å². The maximum absolute atomic E-state index is 12.2. The summed E-state index contributed by atoms with van der Waals surface area (Å²) >= 11 is 11.8. The summed E-state index contributed by atoms with van der Waals surface area (Å²) in [6.45, 7) is -0.157. The molecule has 0 aliphatic heterocycles. The molecule has 0 atom stereocenters. The van der Waals surface area contributed by atoms with E-state index in [9.17, 15) is 18.0 Å². The third-order valence-corrected chi connectivity index (χ3v) is 6.31. The first-order valence-electron chi connectivity index (χ1n) is 8.51. The molecule has 10 heteroatoms. The normalized spacial score (nSPS) is 11.3. The molecular weight excluding hydrogens is 439 g/mol. The lowest BCUT2D eigenvalue weighted by Crippen LogP contribution is -2.30. The van der Waals surface area contributed by atoms with Crippen molar-refractivity contribution in [1.82, 2.24) is 9.62 Å². The molecule has 29 heavy (non-hydrogen) atoms. The maximum atomic E-state index is 12.2. The number of rotatable bonds is 8. The number of esters is 1. The summed E-state index contributed by atoms with van der Waals surface area (Å²) in [7, 11) is -1.00. The molecule has 1 amide bonds. The van der Waals surface area contributed by atoms with E-state index in [0.29, 0.717) is 18.0 Å². The Morgan fingerprint density at radius 1 is 1.07 bits per heavy atom. The topological polar surface area (TPSA) is 92.8 Å². The van der Waals surface area contributed by atoms with Crippen LogP contribution in [0.5, 0.6) is 0 Å². The van der Waals surface area contributed by atoms with E-state index in [1.54, 1.807) is 12.1 Å². The van der Waals surface area contributed by atoms with Gasteiger partial charge in [-0.1, -0.05) is 35.3 Å². The number of hydrogen-bond acceptors (Lipinski definition) is 5. The fourth-order valence-electron chi connectivity index (χ4n) is 2.29. The second-order valence-corrected chi connectivity index (χ2v) is 9.23. The number of halogens is 2. The van der Waals surface area contributed by atoms with Crippen LogP contribution in [0.1, 0.15) is 15.9 Å². The van der Waals surface area contributed by atoms with Gasteiger partial charge in [-0.15, -0.1) is 0 Å². The minimum atomic E-state index is -3.74. The standard InChI is InChI=1S/C19H20Cl2N2O5S/c1-23(2)29(26,27)15-7-8-17(21)16(11-15)19(25)28-12-18(24)22-10-9-13-3-5-14(20)6-4-13/h3-8,11H,9-10,12H2,1-2H3,(H,22,24). The van der Waals surface area contributed by atoms with Crippen molar-refractivity contribution in [2.45, 2.75) is 11.3 Å². The zero-order chi connectivity index (χ0) is 21.6. The number of amides is 1. The average Bonchev–Trinajstić information content (AvgIpc) is 2.67. The van der Waals surface area contributed by atoms with Crippen LogP contribution in [0.2, 0.25) is 10.0 Å². The van der Waals surface area contributed by atoms with Crippen LogP contribution < -0.4 is 5.32 Å². The fraction of sp³-hybridized carbons (Fsp3) is 0.263. The third-order valence-electron chi connectivity index (χ3n) is 3.92. The van der Waals surface area contributed by atoms with E-state index < -0.39 is 28.5 Å². The number of carbonyl (C=O) groups is 2. The van der Waals surface area contributed by atoms with Gasteiger partial charge in [0.05, 0.1) is 15.5 Å². The largest absolute Gasteiger partial charge is 0.452 e. The van der Waals surface area contributed by atoms with Gasteiger partial charge in [-0.2, -0.15) is 0 Å². The van der Waals surface area contributed by atoms with Gasteiger partial charge in [-0.3, -0.25) is 4.79 Å². The van der Waals surface area contributed by atoms with Crippen molar-refractivity contribution in [2.24, 2.45) is 0 Å². The van der Waals surface area contributed by atoms with E-state index in [-0.39, 0.29) is 15.5 Å². The second-order valence-electron chi connectivity index (χ2n) is 6.23. The number of carbonyl (C=O) groups excluding carboxylic acids is 2. The number of nitrogens with zero attached hydrogens (tertiary/aromatic N) is 1. The Morgan fingerprint density at radius 3 is 2.34 bits per heavy atom. The van der Waals surface area contributed by atoms with Gasteiger partial charge in [0.15, 0.2) is 6.61 Å². The molecule has 0 radical (unpaired) electrons. The summed E-state index contributed by atoms with van der Waals surface area (Å²) in [5.74, 6) is -1.38. The molecule has 2 rings (SSSR count). The van der Waals surface area contributed by atoms with Gasteiger partial charge in [0.1, 0.15) is 0 Å². The lowest BCUT2D eigenvalue weighted by molar-refractivity contribution is -0.124. The third kappa shape index (κ3) is 6.43. The molecule has 0 unspecified atom stereocenters. The maximum Gasteiger partial charge on any atom is 0.340 e. The van der Waals surface area contributed by atoms with Gasteiger partial charge < -0.3 is 10.1 Å². The van der Waals surface area contributed by atoms with E-state index in [1.165, 1.54) is 26.2 Å². The monoisotopic (exact) mass is 458 g/mol. The molecular formula is C19H20Cl2N2O5S. The average molecular weight is 459 g/mol. The smallest absolute Gasteiger partial charge is 0.340 e. The minimum absolute atomic E-state index is 0.0239. The fourth-order valence-corrected chi connectivity index (χ4v) is 3.54. The van der Waals surface area contributed by atoms with E-state index in [0.717, 1.165) is 15.9 Å². The summed E-state index contributed by atoms with van der Waals surface area (Å²) in [5.41, 5.74) is 0.862. The van der Waals surface area contributed by atoms with E-state index in [4.69, 9.17) is 27.9 Å². The lowest BCUT2D eigenvalue weighted by atomic mass is 10.1. The predicted molar refractivity (Wildman–Crippen MR) is 111 cm³/mol. The Labute approximate surface area is 179 Å². The van der Waals surface area contributed by atoms with Gasteiger partial charge in [0.25, 0.3) is 5.91 Å². The number of benzene rings is 2. The molecule has 0 aliphatic rings. The summed E-state index contributed by atoms with van der Waals surface area (Å²) in [4.78, 5) is 24.0. The van der Waals surface area contributed by atoms with Gasteiger partial charge in [-0.25, -0.2) is 17.5 Å². The Balaban J connectivity index is 1.91. The van der Waals surface area contributed by atoms with Crippen molar-refractivity contribution in [2.75, 3.05) is 27.2 Å². The molecule has 2 aromatic rings. The van der Waals surface area contributed by atoms with Gasteiger partial charge in [0, 0.05) is 25.7 Å². The zero-order valence-electron chi connectivity index (χ0n) is 15.8. The molecule has 0 fully saturated rings. The Morgan fingerprint density at radius 2 is 1.72 bits per heavy atom. The summed E-state index contributed by atoms with van der Waals surface area (Å²) in [6, 6.07) is 10.9. The van der Waals surface area contributed by atoms with Crippen LogP contribution in [0, 0.1) is 0 Å². The molecule has 0 heterocycles. The lowest BCUT2D eigenvalue weighted by Gasteiger charge is -2.13. The first-order valence-corrected chi connectivity index (χ1v) is 10.7. The Kier molecular flexibility index (Phi) is 8.04. The Bertz CT molecular complexity index is 992. The molecule has 0 saturated carbocycles. The second kappa shape index (κ2) is 10.1. The SMILES string of the molecule is CN(C)S(=O)(=O)c1ccc(Cl)c(C(=O)OCC(=O)NCCc2ccc(Cl)cc2)c1. The van der Waals surface area contributed by atoms with Crippen LogP contribution >= 0.6 is 23.2 Å². The molecule has 7 nitrogen and oxygen atoms in total. The van der Waals surface area contributed by atoms with Crippen LogP contribution in [0.3, 0.4) is 0 Å². The summed E-state index contributed by atoms with van der Waals surface area (Å²) in [6.07, 6.45) is 0.590. The van der Waals surface area contributed by atoms with E-state index >= 15 is 0 Å². The van der Waals surface area contributed by atoms with Crippen LogP contribution in [-0.2, 0) is 26.0 Å². The van der Waals surface area contributed by atoms with Gasteiger partial charge >= 0.3 is 5.97 Å². The van der Waals surface area contributed by atoms with Crippen LogP contribution in [0.25, 0.3) is 0 Å².